The first-order valence-corrected chi connectivity index (χ1v) is 4.23. The first-order valence-electron chi connectivity index (χ1n) is 4.23. The monoisotopic (exact) mass is 203 g/mol. The molecule has 0 bridgehead atoms. The molecule has 0 aliphatic heterocycles. The molecule has 1 aromatic heterocycles. The van der Waals surface area contributed by atoms with Gasteiger partial charge in [0.2, 0.25) is 0 Å². The second-order valence-corrected chi connectivity index (χ2v) is 4.29. The zero-order chi connectivity index (χ0) is 9.35. The van der Waals surface area contributed by atoms with Gasteiger partial charge in [-0.25, -0.2) is 0 Å². The number of hydrogen-bond acceptors (Lipinski definition) is 2. The highest BCUT2D eigenvalue weighted by molar-refractivity contribution is 5.85. The molecule has 1 rings (SSSR count). The molecule has 0 aliphatic carbocycles. The first-order chi connectivity index (χ1) is 5.41. The van der Waals surface area contributed by atoms with Crippen LogP contribution in [-0.2, 0) is 0 Å². The van der Waals surface area contributed by atoms with E-state index in [0.717, 1.165) is 11.5 Å². The van der Waals surface area contributed by atoms with Crippen molar-refractivity contribution in [1.82, 2.24) is 0 Å². The topological polar surface area (TPSA) is 39.2 Å². The number of furan rings is 1. The number of aryl methyl sites for hydroxylation is 1. The lowest BCUT2D eigenvalue weighted by Gasteiger charge is -2.24. The van der Waals surface area contributed by atoms with E-state index in [2.05, 4.69) is 20.8 Å². The molecule has 3 heteroatoms. The predicted octanol–water partition coefficient (Wildman–Crippen LogP) is 3.06. The van der Waals surface area contributed by atoms with E-state index in [1.165, 1.54) is 0 Å². The van der Waals surface area contributed by atoms with E-state index in [1.807, 2.05) is 19.1 Å². The number of nitrogens with two attached hydrogens (primary N) is 1. The van der Waals surface area contributed by atoms with Crippen LogP contribution in [0.3, 0.4) is 0 Å². The maximum atomic E-state index is 5.99. The van der Waals surface area contributed by atoms with Crippen molar-refractivity contribution in [2.24, 2.45) is 11.1 Å². The lowest BCUT2D eigenvalue weighted by molar-refractivity contribution is 0.282. The van der Waals surface area contributed by atoms with Gasteiger partial charge in [-0.3, -0.25) is 0 Å². The maximum Gasteiger partial charge on any atom is 0.121 e. The van der Waals surface area contributed by atoms with Crippen LogP contribution in [0, 0.1) is 12.3 Å². The minimum Gasteiger partial charge on any atom is -0.465 e. The quantitative estimate of drug-likeness (QED) is 0.762. The summed E-state index contributed by atoms with van der Waals surface area (Å²) in [6, 6.07) is 3.87. The van der Waals surface area contributed by atoms with Gasteiger partial charge in [-0.15, -0.1) is 12.4 Å². The Kier molecular flexibility index (Phi) is 4.01. The Morgan fingerprint density at radius 1 is 1.31 bits per heavy atom. The molecule has 0 fully saturated rings. The molecule has 0 aliphatic rings. The summed E-state index contributed by atoms with van der Waals surface area (Å²) in [5.74, 6) is 1.80. The molecule has 2 N–H and O–H groups in total. The molecule has 1 aromatic rings. The average Bonchev–Trinajstić information content (AvgIpc) is 2.32. The van der Waals surface area contributed by atoms with E-state index in [4.69, 9.17) is 10.2 Å². The standard InChI is InChI=1S/C10H17NO.ClH/c1-7-5-6-8(12-7)9(11)10(2,3)4;/h5-6,9H,11H2,1-4H3;1H/t9-;/m1./s1. The molecule has 0 unspecified atom stereocenters. The molecule has 0 radical (unpaired) electrons. The van der Waals surface area contributed by atoms with Crippen LogP contribution in [0.4, 0.5) is 0 Å². The normalized spacial score (nSPS) is 13.6. The Morgan fingerprint density at radius 2 is 1.85 bits per heavy atom. The van der Waals surface area contributed by atoms with Gasteiger partial charge in [-0.2, -0.15) is 0 Å². The first kappa shape index (κ1) is 12.5. The number of hydrogen-bond donors (Lipinski definition) is 1. The van der Waals surface area contributed by atoms with Crippen LogP contribution in [0.1, 0.15) is 38.3 Å². The van der Waals surface area contributed by atoms with Gasteiger partial charge in [0.25, 0.3) is 0 Å². The van der Waals surface area contributed by atoms with Gasteiger partial charge >= 0.3 is 0 Å². The Morgan fingerprint density at radius 3 is 2.15 bits per heavy atom. The van der Waals surface area contributed by atoms with Crippen molar-refractivity contribution >= 4 is 12.4 Å². The highest BCUT2D eigenvalue weighted by Crippen LogP contribution is 2.30. The second kappa shape index (κ2) is 4.16. The van der Waals surface area contributed by atoms with Crippen molar-refractivity contribution in [3.05, 3.63) is 23.7 Å². The third-order valence-corrected chi connectivity index (χ3v) is 2.00. The third-order valence-electron chi connectivity index (χ3n) is 2.00. The summed E-state index contributed by atoms with van der Waals surface area (Å²) in [5, 5.41) is 0. The van der Waals surface area contributed by atoms with Gasteiger partial charge in [-0.05, 0) is 24.5 Å². The van der Waals surface area contributed by atoms with Crippen LogP contribution in [0.5, 0.6) is 0 Å². The Balaban J connectivity index is 0.00000144. The fourth-order valence-corrected chi connectivity index (χ4v) is 1.05. The maximum absolute atomic E-state index is 5.99. The minimum absolute atomic E-state index is 0. The molecule has 0 spiro atoms. The molecule has 76 valence electrons. The van der Waals surface area contributed by atoms with E-state index < -0.39 is 0 Å². The molecule has 0 amide bonds. The average molecular weight is 204 g/mol. The predicted molar refractivity (Wildman–Crippen MR) is 57.1 cm³/mol. The summed E-state index contributed by atoms with van der Waals surface area (Å²) in [6.45, 7) is 8.25. The van der Waals surface area contributed by atoms with Gasteiger partial charge in [-0.1, -0.05) is 20.8 Å². The zero-order valence-electron chi connectivity index (χ0n) is 8.63. The second-order valence-electron chi connectivity index (χ2n) is 4.29. The van der Waals surface area contributed by atoms with E-state index in [9.17, 15) is 0 Å². The smallest absolute Gasteiger partial charge is 0.121 e. The summed E-state index contributed by atoms with van der Waals surface area (Å²) in [5.41, 5.74) is 6.05. The molecule has 1 heterocycles. The Hall–Kier alpha value is -0.470. The molecular weight excluding hydrogens is 186 g/mol. The van der Waals surface area contributed by atoms with Crippen molar-refractivity contribution in [2.45, 2.75) is 33.7 Å². The van der Waals surface area contributed by atoms with Gasteiger partial charge in [0.15, 0.2) is 0 Å². The van der Waals surface area contributed by atoms with Crippen molar-refractivity contribution in [3.8, 4) is 0 Å². The van der Waals surface area contributed by atoms with Crippen LogP contribution in [0.25, 0.3) is 0 Å². The highest BCUT2D eigenvalue weighted by atomic mass is 35.5. The SMILES string of the molecule is Cc1ccc([C@@H](N)C(C)(C)C)o1.Cl. The fourth-order valence-electron chi connectivity index (χ4n) is 1.05. The van der Waals surface area contributed by atoms with Gasteiger partial charge in [0.1, 0.15) is 11.5 Å². The summed E-state index contributed by atoms with van der Waals surface area (Å²) in [7, 11) is 0. The summed E-state index contributed by atoms with van der Waals surface area (Å²) < 4.78 is 5.45. The van der Waals surface area contributed by atoms with Crippen LogP contribution in [0.2, 0.25) is 0 Å². The van der Waals surface area contributed by atoms with E-state index in [0.29, 0.717) is 0 Å². The minimum atomic E-state index is -0.0220. The number of rotatable bonds is 1. The summed E-state index contributed by atoms with van der Waals surface area (Å²) in [4.78, 5) is 0. The van der Waals surface area contributed by atoms with E-state index >= 15 is 0 Å². The highest BCUT2D eigenvalue weighted by Gasteiger charge is 2.24. The molecule has 0 aromatic carbocycles. The fraction of sp³-hybridized carbons (Fsp3) is 0.600. The van der Waals surface area contributed by atoms with Crippen molar-refractivity contribution in [1.29, 1.82) is 0 Å². The van der Waals surface area contributed by atoms with Gasteiger partial charge in [0, 0.05) is 0 Å². The van der Waals surface area contributed by atoms with Gasteiger partial charge < -0.3 is 10.2 Å². The van der Waals surface area contributed by atoms with Crippen LogP contribution in [-0.4, -0.2) is 0 Å². The van der Waals surface area contributed by atoms with Crippen molar-refractivity contribution in [2.75, 3.05) is 0 Å². The Bertz CT molecular complexity index is 262. The van der Waals surface area contributed by atoms with E-state index in [1.54, 1.807) is 0 Å². The molecular formula is C10H18ClNO. The van der Waals surface area contributed by atoms with Crippen LogP contribution in [0.15, 0.2) is 16.5 Å². The molecule has 13 heavy (non-hydrogen) atoms. The molecule has 1 atom stereocenters. The molecule has 0 saturated heterocycles. The third kappa shape index (κ3) is 3.05. The Labute approximate surface area is 85.9 Å². The van der Waals surface area contributed by atoms with Gasteiger partial charge in [0.05, 0.1) is 6.04 Å². The lowest BCUT2D eigenvalue weighted by Crippen LogP contribution is -2.25. The van der Waals surface area contributed by atoms with Crippen LogP contribution < -0.4 is 5.73 Å². The molecule has 0 saturated carbocycles. The van der Waals surface area contributed by atoms with Crippen molar-refractivity contribution in [3.63, 3.8) is 0 Å². The van der Waals surface area contributed by atoms with E-state index in [-0.39, 0.29) is 23.9 Å². The molecule has 2 nitrogen and oxygen atoms in total. The number of halogens is 1. The van der Waals surface area contributed by atoms with Crippen LogP contribution >= 0.6 is 12.4 Å². The zero-order valence-corrected chi connectivity index (χ0v) is 9.44. The van der Waals surface area contributed by atoms with Crippen molar-refractivity contribution < 1.29 is 4.42 Å². The largest absolute Gasteiger partial charge is 0.465 e. The summed E-state index contributed by atoms with van der Waals surface area (Å²) >= 11 is 0. The lowest BCUT2D eigenvalue weighted by atomic mass is 9.86. The summed E-state index contributed by atoms with van der Waals surface area (Å²) in [6.07, 6.45) is 0.